The zero-order valence-electron chi connectivity index (χ0n) is 18.9. The van der Waals surface area contributed by atoms with Gasteiger partial charge in [-0.1, -0.05) is 11.6 Å². The maximum atomic E-state index is 14.8. The summed E-state index contributed by atoms with van der Waals surface area (Å²) in [6.45, 7) is 2.46. The van der Waals surface area contributed by atoms with E-state index in [0.29, 0.717) is 0 Å². The molecule has 4 aromatic rings. The summed E-state index contributed by atoms with van der Waals surface area (Å²) >= 11 is 6.34. The Morgan fingerprint density at radius 3 is 2.46 bits per heavy atom. The average Bonchev–Trinajstić information content (AvgIpc) is 3.16. The third-order valence-electron chi connectivity index (χ3n) is 5.65. The fourth-order valence-electron chi connectivity index (χ4n) is 3.80. The molecule has 184 valence electrons. The molecule has 2 aromatic carbocycles. The Kier molecular flexibility index (Phi) is 6.05. The minimum Gasteiger partial charge on any atom is -0.496 e. The van der Waals surface area contributed by atoms with Gasteiger partial charge in [0.2, 0.25) is 5.88 Å². The molecule has 4 rings (SSSR count). The molecule has 0 radical (unpaired) electrons. The van der Waals surface area contributed by atoms with Gasteiger partial charge in [0.15, 0.2) is 27.1 Å². The first-order chi connectivity index (χ1) is 16.4. The summed E-state index contributed by atoms with van der Waals surface area (Å²) in [5.74, 6) is -2.60. The van der Waals surface area contributed by atoms with Crippen molar-refractivity contribution < 1.29 is 26.7 Å². The molecule has 0 aliphatic carbocycles. The van der Waals surface area contributed by atoms with Crippen LogP contribution in [0.4, 0.5) is 8.78 Å². The minimum atomic E-state index is -4.40. The zero-order chi connectivity index (χ0) is 25.7. The second-order valence-corrected chi connectivity index (χ2v) is 10.8. The first-order valence-electron chi connectivity index (χ1n) is 10.0. The van der Waals surface area contributed by atoms with Gasteiger partial charge in [0.05, 0.1) is 35.4 Å². The zero-order valence-corrected chi connectivity index (χ0v) is 20.5. The Hall–Kier alpha value is -3.51. The number of methoxy groups -OCH3 is 2. The SMILES string of the molecule is COc1ccc(F)c(F)c1C(C)(C)S(=O)(=O)c1ccc(Cl)c(-n2c(=O)[nH]c3c(OC)ncnc32)c1. The van der Waals surface area contributed by atoms with Gasteiger partial charge in [0.1, 0.15) is 22.3 Å². The molecule has 0 saturated heterocycles. The van der Waals surface area contributed by atoms with Crippen molar-refractivity contribution in [3.05, 3.63) is 69.4 Å². The van der Waals surface area contributed by atoms with Crippen molar-refractivity contribution >= 4 is 32.6 Å². The van der Waals surface area contributed by atoms with Crippen molar-refractivity contribution in [1.82, 2.24) is 19.5 Å². The largest absolute Gasteiger partial charge is 0.496 e. The number of nitrogens with one attached hydrogen (secondary N) is 1. The van der Waals surface area contributed by atoms with Crippen LogP contribution in [0.15, 0.2) is 46.3 Å². The summed E-state index contributed by atoms with van der Waals surface area (Å²) in [4.78, 5) is 23.0. The molecule has 0 aliphatic heterocycles. The number of fused-ring (bicyclic) bond motifs is 1. The van der Waals surface area contributed by atoms with Crippen molar-refractivity contribution in [3.63, 3.8) is 0 Å². The molecule has 0 atom stereocenters. The van der Waals surface area contributed by atoms with Gasteiger partial charge in [0, 0.05) is 0 Å². The molecule has 0 fully saturated rings. The van der Waals surface area contributed by atoms with Crippen LogP contribution in [-0.2, 0) is 14.6 Å². The third-order valence-corrected chi connectivity index (χ3v) is 8.39. The number of aromatic amines is 1. The van der Waals surface area contributed by atoms with Crippen molar-refractivity contribution in [3.8, 4) is 17.3 Å². The Labute approximate surface area is 203 Å². The molecule has 0 bridgehead atoms. The van der Waals surface area contributed by atoms with Crippen molar-refractivity contribution in [2.24, 2.45) is 0 Å². The first-order valence-corrected chi connectivity index (χ1v) is 11.9. The van der Waals surface area contributed by atoms with E-state index in [4.69, 9.17) is 21.1 Å². The number of nitrogens with zero attached hydrogens (tertiary/aromatic N) is 3. The molecule has 0 amide bonds. The summed E-state index contributed by atoms with van der Waals surface area (Å²) in [7, 11) is -1.82. The van der Waals surface area contributed by atoms with Gasteiger partial charge in [-0.2, -0.15) is 4.98 Å². The summed E-state index contributed by atoms with van der Waals surface area (Å²) < 4.78 is 65.7. The Bertz CT molecular complexity index is 1630. The predicted octanol–water partition coefficient (Wildman–Crippen LogP) is 3.77. The fraction of sp³-hybridized carbons (Fsp3) is 0.227. The number of sulfone groups is 1. The van der Waals surface area contributed by atoms with Crippen LogP contribution in [0.2, 0.25) is 5.02 Å². The molecule has 0 aliphatic rings. The molecule has 0 saturated carbocycles. The monoisotopic (exact) mass is 524 g/mol. The van der Waals surface area contributed by atoms with Crippen molar-refractivity contribution in [2.45, 2.75) is 23.5 Å². The quantitative estimate of drug-likeness (QED) is 0.408. The van der Waals surface area contributed by atoms with Crippen LogP contribution in [0.1, 0.15) is 19.4 Å². The number of imidazole rings is 1. The van der Waals surface area contributed by atoms with E-state index in [0.717, 1.165) is 22.8 Å². The lowest BCUT2D eigenvalue weighted by atomic mass is 10.00. The second-order valence-electron chi connectivity index (χ2n) is 7.91. The molecule has 2 heterocycles. The van der Waals surface area contributed by atoms with Gasteiger partial charge in [0.25, 0.3) is 0 Å². The van der Waals surface area contributed by atoms with Gasteiger partial charge >= 0.3 is 5.69 Å². The van der Waals surface area contributed by atoms with E-state index >= 15 is 0 Å². The molecule has 9 nitrogen and oxygen atoms in total. The maximum Gasteiger partial charge on any atom is 0.332 e. The van der Waals surface area contributed by atoms with Crippen molar-refractivity contribution in [2.75, 3.05) is 14.2 Å². The van der Waals surface area contributed by atoms with Crippen LogP contribution in [-0.4, -0.2) is 42.2 Å². The summed E-state index contributed by atoms with van der Waals surface area (Å²) in [5.41, 5.74) is -0.885. The molecule has 1 N–H and O–H groups in total. The van der Waals surface area contributed by atoms with E-state index in [1.54, 1.807) is 0 Å². The molecule has 13 heteroatoms. The van der Waals surface area contributed by atoms with E-state index in [2.05, 4.69) is 15.0 Å². The van der Waals surface area contributed by atoms with E-state index in [1.807, 2.05) is 0 Å². The maximum absolute atomic E-state index is 14.8. The smallest absolute Gasteiger partial charge is 0.332 e. The van der Waals surface area contributed by atoms with Gasteiger partial charge in [-0.3, -0.25) is 4.98 Å². The number of hydrogen-bond donors (Lipinski definition) is 1. The summed E-state index contributed by atoms with van der Waals surface area (Å²) in [5, 5.41) is 0.0388. The Morgan fingerprint density at radius 2 is 1.80 bits per heavy atom. The Balaban J connectivity index is 1.95. The first kappa shape index (κ1) is 24.6. The lowest BCUT2D eigenvalue weighted by Crippen LogP contribution is -2.31. The number of hydrogen-bond acceptors (Lipinski definition) is 7. The van der Waals surface area contributed by atoms with E-state index in [-0.39, 0.29) is 38.4 Å². The molecule has 2 aromatic heterocycles. The number of benzene rings is 2. The van der Waals surface area contributed by atoms with E-state index in [1.165, 1.54) is 46.5 Å². The highest BCUT2D eigenvalue weighted by Crippen LogP contribution is 2.42. The molecule has 35 heavy (non-hydrogen) atoms. The van der Waals surface area contributed by atoms with E-state index in [9.17, 15) is 22.0 Å². The Morgan fingerprint density at radius 1 is 1.09 bits per heavy atom. The minimum absolute atomic E-state index is 0.00720. The topological polar surface area (TPSA) is 116 Å². The van der Waals surface area contributed by atoms with Crippen LogP contribution >= 0.6 is 11.6 Å². The van der Waals surface area contributed by atoms with Crippen molar-refractivity contribution in [1.29, 1.82) is 0 Å². The number of rotatable bonds is 6. The molecule has 0 unspecified atom stereocenters. The van der Waals surface area contributed by atoms with Crippen LogP contribution < -0.4 is 15.2 Å². The highest BCUT2D eigenvalue weighted by atomic mass is 35.5. The van der Waals surface area contributed by atoms with Gasteiger partial charge in [-0.05, 0) is 44.2 Å². The summed E-state index contributed by atoms with van der Waals surface area (Å²) in [6.07, 6.45) is 1.17. The normalized spacial score (nSPS) is 12.2. The fourth-order valence-corrected chi connectivity index (χ4v) is 5.57. The van der Waals surface area contributed by atoms with Crippen LogP contribution in [0.3, 0.4) is 0 Å². The van der Waals surface area contributed by atoms with Crippen LogP contribution in [0, 0.1) is 11.6 Å². The number of aromatic nitrogens is 4. The molecular weight excluding hydrogens is 506 g/mol. The number of H-pyrrole nitrogens is 1. The lowest BCUT2D eigenvalue weighted by Gasteiger charge is -2.28. The van der Waals surface area contributed by atoms with Gasteiger partial charge in [-0.25, -0.2) is 31.5 Å². The van der Waals surface area contributed by atoms with Crippen LogP contribution in [0.25, 0.3) is 16.9 Å². The predicted molar refractivity (Wildman–Crippen MR) is 124 cm³/mol. The second kappa shape index (κ2) is 8.61. The van der Waals surface area contributed by atoms with Gasteiger partial charge in [-0.15, -0.1) is 0 Å². The standard InChI is InChI=1S/C22H19ClF2N4O5S/c1-22(2,16-15(33-3)8-7-13(24)17(16)25)35(31,32)11-5-6-12(23)14(9-11)29-19-18(28-21(29)30)20(34-4)27-10-26-19/h5-10H,1-4H3,(H,28,30). The molecule has 0 spiro atoms. The average molecular weight is 525 g/mol. The molecular formula is C22H19ClF2N4O5S. The highest BCUT2D eigenvalue weighted by molar-refractivity contribution is 7.92. The number of halogens is 3. The van der Waals surface area contributed by atoms with Gasteiger partial charge < -0.3 is 9.47 Å². The van der Waals surface area contributed by atoms with Crippen LogP contribution in [0.5, 0.6) is 11.6 Å². The highest BCUT2D eigenvalue weighted by Gasteiger charge is 2.43. The summed E-state index contributed by atoms with van der Waals surface area (Å²) in [6, 6.07) is 5.65. The number of ether oxygens (including phenoxy) is 2. The third kappa shape index (κ3) is 3.73. The van der Waals surface area contributed by atoms with E-state index < -0.39 is 37.5 Å². The lowest BCUT2D eigenvalue weighted by molar-refractivity contribution is 0.388.